The lowest BCUT2D eigenvalue weighted by molar-refractivity contribution is 0.0997. The van der Waals surface area contributed by atoms with Gasteiger partial charge in [0.25, 0.3) is 5.91 Å². The first-order valence-corrected chi connectivity index (χ1v) is 8.54. The number of halogens is 2. The van der Waals surface area contributed by atoms with Crippen LogP contribution in [0.4, 0.5) is 0 Å². The van der Waals surface area contributed by atoms with Crippen molar-refractivity contribution in [3.05, 3.63) is 74.8 Å². The number of benzene rings is 2. The van der Waals surface area contributed by atoms with E-state index in [4.69, 9.17) is 28.9 Å². The third-order valence-corrected chi connectivity index (χ3v) is 4.42. The van der Waals surface area contributed by atoms with Crippen molar-refractivity contribution < 1.29 is 4.79 Å². The number of carbonyl (C=O) groups excluding carboxylic acids is 1. The molecule has 0 atom stereocenters. The summed E-state index contributed by atoms with van der Waals surface area (Å²) in [7, 11) is 0. The van der Waals surface area contributed by atoms with E-state index in [1.165, 1.54) is 4.57 Å². The topological polar surface area (TPSA) is 107 Å². The molecule has 27 heavy (non-hydrogen) atoms. The number of hydrogen-bond acceptors (Lipinski definition) is 4. The Bertz CT molecular complexity index is 1250. The molecule has 2 aromatic heterocycles. The van der Waals surface area contributed by atoms with E-state index < -0.39 is 11.6 Å². The molecule has 0 fully saturated rings. The van der Waals surface area contributed by atoms with Crippen molar-refractivity contribution in [3.63, 3.8) is 0 Å². The van der Waals surface area contributed by atoms with Crippen LogP contribution in [0.2, 0.25) is 10.0 Å². The van der Waals surface area contributed by atoms with Crippen molar-refractivity contribution in [1.29, 1.82) is 0 Å². The van der Waals surface area contributed by atoms with Crippen molar-refractivity contribution in [2.75, 3.05) is 0 Å². The highest BCUT2D eigenvalue weighted by Crippen LogP contribution is 2.24. The molecule has 9 heteroatoms. The number of imidazole rings is 1. The number of rotatable bonds is 3. The molecule has 7 nitrogen and oxygen atoms in total. The van der Waals surface area contributed by atoms with Gasteiger partial charge in [0, 0.05) is 15.6 Å². The summed E-state index contributed by atoms with van der Waals surface area (Å²) >= 11 is 12.0. The number of aromatic amines is 1. The maximum Gasteiger partial charge on any atom is 0.332 e. The van der Waals surface area contributed by atoms with Crippen LogP contribution in [-0.4, -0.2) is 25.4 Å². The SMILES string of the molecule is NC(=O)c1nc(-c2cccc(Cl)c2)nc2c1[nH]c(=O)n2-c1ccc(Cl)cc1. The highest BCUT2D eigenvalue weighted by molar-refractivity contribution is 6.31. The number of aromatic nitrogens is 4. The highest BCUT2D eigenvalue weighted by atomic mass is 35.5. The Morgan fingerprint density at radius 1 is 1.04 bits per heavy atom. The summed E-state index contributed by atoms with van der Waals surface area (Å²) in [6.07, 6.45) is 0. The van der Waals surface area contributed by atoms with Gasteiger partial charge in [-0.05, 0) is 36.4 Å². The first-order valence-electron chi connectivity index (χ1n) is 7.78. The minimum atomic E-state index is -0.782. The number of carbonyl (C=O) groups is 1. The van der Waals surface area contributed by atoms with E-state index in [9.17, 15) is 9.59 Å². The molecule has 0 bridgehead atoms. The molecule has 0 saturated carbocycles. The van der Waals surface area contributed by atoms with Crippen LogP contribution in [-0.2, 0) is 0 Å². The molecule has 0 spiro atoms. The monoisotopic (exact) mass is 399 g/mol. The molecular formula is C18H11Cl2N5O2. The Labute approximate surface area is 162 Å². The van der Waals surface area contributed by atoms with Gasteiger partial charge in [0.1, 0.15) is 5.52 Å². The fourth-order valence-corrected chi connectivity index (χ4v) is 3.07. The van der Waals surface area contributed by atoms with Gasteiger partial charge in [-0.3, -0.25) is 4.79 Å². The first kappa shape index (κ1) is 17.3. The second-order valence-electron chi connectivity index (χ2n) is 5.71. The molecule has 4 rings (SSSR count). The second kappa shape index (κ2) is 6.53. The van der Waals surface area contributed by atoms with Crippen molar-refractivity contribution in [1.82, 2.24) is 19.5 Å². The Hall–Kier alpha value is -3.16. The van der Waals surface area contributed by atoms with E-state index >= 15 is 0 Å². The van der Waals surface area contributed by atoms with Gasteiger partial charge in [-0.25, -0.2) is 19.3 Å². The van der Waals surface area contributed by atoms with E-state index in [2.05, 4.69) is 15.0 Å². The third-order valence-electron chi connectivity index (χ3n) is 3.94. The van der Waals surface area contributed by atoms with E-state index in [0.717, 1.165) is 0 Å². The van der Waals surface area contributed by atoms with E-state index in [-0.39, 0.29) is 22.7 Å². The van der Waals surface area contributed by atoms with Gasteiger partial charge in [0.05, 0.1) is 5.69 Å². The number of nitrogens with zero attached hydrogens (tertiary/aromatic N) is 3. The van der Waals surface area contributed by atoms with Crippen LogP contribution in [0.1, 0.15) is 10.5 Å². The second-order valence-corrected chi connectivity index (χ2v) is 6.58. The van der Waals surface area contributed by atoms with Crippen LogP contribution < -0.4 is 11.4 Å². The predicted octanol–water partition coefficient (Wildman–Crippen LogP) is 3.18. The van der Waals surface area contributed by atoms with Crippen LogP contribution in [0.5, 0.6) is 0 Å². The average molecular weight is 400 g/mol. The molecule has 0 unspecified atom stereocenters. The van der Waals surface area contributed by atoms with Crippen molar-refractivity contribution in [3.8, 4) is 17.1 Å². The summed E-state index contributed by atoms with van der Waals surface area (Å²) in [6.45, 7) is 0. The van der Waals surface area contributed by atoms with E-state index in [1.54, 1.807) is 48.5 Å². The molecule has 0 aliphatic rings. The molecule has 0 aliphatic heterocycles. The van der Waals surface area contributed by atoms with Crippen LogP contribution in [0.15, 0.2) is 53.3 Å². The quantitative estimate of drug-likeness (QED) is 0.551. The first-order chi connectivity index (χ1) is 12.9. The fraction of sp³-hybridized carbons (Fsp3) is 0. The summed E-state index contributed by atoms with van der Waals surface area (Å²) < 4.78 is 1.33. The number of fused-ring (bicyclic) bond motifs is 1. The van der Waals surface area contributed by atoms with Crippen molar-refractivity contribution in [2.24, 2.45) is 5.73 Å². The summed E-state index contributed by atoms with van der Waals surface area (Å²) in [6, 6.07) is 13.5. The molecule has 0 saturated heterocycles. The third kappa shape index (κ3) is 3.07. The molecule has 0 aliphatic carbocycles. The zero-order valence-corrected chi connectivity index (χ0v) is 15.1. The molecule has 134 valence electrons. The minimum absolute atomic E-state index is 0.0835. The Kier molecular flexibility index (Phi) is 4.18. The van der Waals surface area contributed by atoms with Gasteiger partial charge in [-0.1, -0.05) is 35.3 Å². The Balaban J connectivity index is 2.06. The lowest BCUT2D eigenvalue weighted by Crippen LogP contribution is -2.15. The lowest BCUT2D eigenvalue weighted by atomic mass is 10.2. The Morgan fingerprint density at radius 3 is 2.44 bits per heavy atom. The average Bonchev–Trinajstić information content (AvgIpc) is 2.97. The highest BCUT2D eigenvalue weighted by Gasteiger charge is 2.20. The zero-order valence-electron chi connectivity index (χ0n) is 13.6. The molecule has 0 radical (unpaired) electrons. The molecule has 3 N–H and O–H groups in total. The number of nitrogens with one attached hydrogen (secondary N) is 1. The largest absolute Gasteiger partial charge is 0.364 e. The molecular weight excluding hydrogens is 389 g/mol. The molecule has 1 amide bonds. The van der Waals surface area contributed by atoms with Crippen LogP contribution in [0.3, 0.4) is 0 Å². The molecule has 2 aromatic carbocycles. The fourth-order valence-electron chi connectivity index (χ4n) is 2.75. The molecule has 2 heterocycles. The minimum Gasteiger partial charge on any atom is -0.364 e. The van der Waals surface area contributed by atoms with E-state index in [0.29, 0.717) is 21.3 Å². The standard InChI is InChI=1S/C18H11Cl2N5O2/c19-10-4-6-12(7-5-10)25-17-14(23-18(25)27)13(15(21)26)22-16(24-17)9-2-1-3-11(20)8-9/h1-8H,(H2,21,26)(H,23,27). The molecule has 4 aromatic rings. The number of primary amides is 1. The van der Waals surface area contributed by atoms with E-state index in [1.807, 2.05) is 0 Å². The van der Waals surface area contributed by atoms with Gasteiger partial charge in [0.15, 0.2) is 17.2 Å². The van der Waals surface area contributed by atoms with Crippen LogP contribution in [0.25, 0.3) is 28.2 Å². The number of amides is 1. The maximum atomic E-state index is 12.5. The normalized spacial score (nSPS) is 11.0. The Morgan fingerprint density at radius 2 is 1.78 bits per heavy atom. The summed E-state index contributed by atoms with van der Waals surface area (Å²) in [5.41, 5.74) is 6.41. The summed E-state index contributed by atoms with van der Waals surface area (Å²) in [5, 5.41) is 1.01. The van der Waals surface area contributed by atoms with Gasteiger partial charge in [-0.15, -0.1) is 0 Å². The van der Waals surface area contributed by atoms with Gasteiger partial charge in [0.2, 0.25) is 0 Å². The number of H-pyrrole nitrogens is 1. The zero-order chi connectivity index (χ0) is 19.1. The number of nitrogens with two attached hydrogens (primary N) is 1. The smallest absolute Gasteiger partial charge is 0.332 e. The van der Waals surface area contributed by atoms with Gasteiger partial charge in [-0.2, -0.15) is 0 Å². The summed E-state index contributed by atoms with van der Waals surface area (Å²) in [5.74, 6) is -0.560. The maximum absolute atomic E-state index is 12.5. The van der Waals surface area contributed by atoms with Gasteiger partial charge >= 0.3 is 5.69 Å². The van der Waals surface area contributed by atoms with Crippen molar-refractivity contribution >= 4 is 40.3 Å². The number of hydrogen-bond donors (Lipinski definition) is 2. The van der Waals surface area contributed by atoms with Crippen LogP contribution >= 0.6 is 23.2 Å². The summed E-state index contributed by atoms with van der Waals surface area (Å²) in [4.78, 5) is 35.8. The predicted molar refractivity (Wildman–Crippen MR) is 103 cm³/mol. The van der Waals surface area contributed by atoms with Gasteiger partial charge < -0.3 is 10.7 Å². The van der Waals surface area contributed by atoms with Crippen LogP contribution in [0, 0.1) is 0 Å². The van der Waals surface area contributed by atoms with Crippen molar-refractivity contribution in [2.45, 2.75) is 0 Å². The lowest BCUT2D eigenvalue weighted by Gasteiger charge is -2.07.